The lowest BCUT2D eigenvalue weighted by Crippen LogP contribution is -2.35. The van der Waals surface area contributed by atoms with Gasteiger partial charge in [-0.15, -0.1) is 11.3 Å². The van der Waals surface area contributed by atoms with Crippen molar-refractivity contribution >= 4 is 27.4 Å². The second-order valence-electron chi connectivity index (χ2n) is 5.58. The summed E-state index contributed by atoms with van der Waals surface area (Å²) in [5.74, 6) is -0.609. The minimum Gasteiger partial charge on any atom is -0.481 e. The highest BCUT2D eigenvalue weighted by Gasteiger charge is 2.39. The normalized spacial score (nSPS) is 18.5. The van der Waals surface area contributed by atoms with Crippen LogP contribution in [0.1, 0.15) is 37.7 Å². The van der Waals surface area contributed by atoms with Gasteiger partial charge in [0, 0.05) is 4.70 Å². The summed E-state index contributed by atoms with van der Waals surface area (Å²) < 4.78 is 1.26. The third-order valence-electron chi connectivity index (χ3n) is 4.35. The predicted molar refractivity (Wildman–Crippen MR) is 78.7 cm³/mol. The summed E-state index contributed by atoms with van der Waals surface area (Å²) in [4.78, 5) is 11.7. The molecule has 1 aliphatic rings. The van der Waals surface area contributed by atoms with Crippen LogP contribution in [0.15, 0.2) is 29.6 Å². The van der Waals surface area contributed by atoms with Gasteiger partial charge < -0.3 is 5.11 Å². The van der Waals surface area contributed by atoms with Crippen molar-refractivity contribution in [2.75, 3.05) is 0 Å². The Kier molecular flexibility index (Phi) is 3.31. The molecule has 1 aromatic heterocycles. The number of hydrogen-bond donors (Lipinski definition) is 1. The van der Waals surface area contributed by atoms with Gasteiger partial charge in [0.25, 0.3) is 0 Å². The quantitative estimate of drug-likeness (QED) is 0.896. The van der Waals surface area contributed by atoms with E-state index in [9.17, 15) is 9.90 Å². The molecule has 1 heterocycles. The van der Waals surface area contributed by atoms with E-state index in [4.69, 9.17) is 0 Å². The molecule has 0 spiro atoms. The van der Waals surface area contributed by atoms with E-state index in [1.165, 1.54) is 22.1 Å². The van der Waals surface area contributed by atoms with Crippen LogP contribution < -0.4 is 0 Å². The van der Waals surface area contributed by atoms with Crippen LogP contribution in [-0.2, 0) is 11.2 Å². The molecule has 0 amide bonds. The molecule has 2 nitrogen and oxygen atoms in total. The second-order valence-corrected chi connectivity index (χ2v) is 6.49. The minimum atomic E-state index is -0.609. The number of carboxylic acids is 1. The molecule has 1 aromatic carbocycles. The van der Waals surface area contributed by atoms with Gasteiger partial charge >= 0.3 is 5.97 Å². The van der Waals surface area contributed by atoms with Crippen molar-refractivity contribution < 1.29 is 9.90 Å². The van der Waals surface area contributed by atoms with Crippen molar-refractivity contribution in [2.45, 2.75) is 38.5 Å². The second kappa shape index (κ2) is 4.97. The van der Waals surface area contributed by atoms with Gasteiger partial charge in [-0.2, -0.15) is 0 Å². The first-order chi connectivity index (χ1) is 9.21. The molecule has 0 radical (unpaired) electrons. The predicted octanol–water partition coefficient (Wildman–Crippen LogP) is 4.48. The van der Waals surface area contributed by atoms with Crippen LogP contribution >= 0.6 is 11.3 Å². The molecule has 0 saturated heterocycles. The molecule has 1 N–H and O–H groups in total. The van der Waals surface area contributed by atoms with Crippen molar-refractivity contribution in [3.63, 3.8) is 0 Å². The molecule has 1 fully saturated rings. The lowest BCUT2D eigenvalue weighted by Gasteiger charge is -2.33. The third-order valence-corrected chi connectivity index (χ3v) is 5.37. The van der Waals surface area contributed by atoms with Gasteiger partial charge in [0.2, 0.25) is 0 Å². The van der Waals surface area contributed by atoms with E-state index in [0.29, 0.717) is 6.42 Å². The standard InChI is InChI=1S/C16H18O2S/c17-15(18)16(8-4-1-5-9-16)10-12-11-19-14-7-3-2-6-13(12)14/h2-3,6-7,11H,1,4-5,8-10H2,(H,17,18). The molecular weight excluding hydrogens is 256 g/mol. The summed E-state index contributed by atoms with van der Waals surface area (Å²) in [6, 6.07) is 8.29. The monoisotopic (exact) mass is 274 g/mol. The van der Waals surface area contributed by atoms with Gasteiger partial charge in [-0.05, 0) is 41.7 Å². The Bertz CT molecular complexity index is 594. The van der Waals surface area contributed by atoms with Crippen molar-refractivity contribution in [2.24, 2.45) is 5.41 Å². The van der Waals surface area contributed by atoms with Gasteiger partial charge in [0.15, 0.2) is 0 Å². The summed E-state index contributed by atoms with van der Waals surface area (Å²) >= 11 is 1.72. The summed E-state index contributed by atoms with van der Waals surface area (Å²) in [5.41, 5.74) is 0.687. The first-order valence-electron chi connectivity index (χ1n) is 6.90. The zero-order valence-electron chi connectivity index (χ0n) is 10.9. The average molecular weight is 274 g/mol. The Morgan fingerprint density at radius 3 is 2.68 bits per heavy atom. The van der Waals surface area contributed by atoms with Crippen molar-refractivity contribution in [3.05, 3.63) is 35.2 Å². The van der Waals surface area contributed by atoms with Crippen LogP contribution in [0.2, 0.25) is 0 Å². The highest BCUT2D eigenvalue weighted by Crippen LogP contribution is 2.41. The smallest absolute Gasteiger partial charge is 0.309 e. The maximum atomic E-state index is 11.7. The Balaban J connectivity index is 1.96. The van der Waals surface area contributed by atoms with Gasteiger partial charge in [0.05, 0.1) is 5.41 Å². The number of carboxylic acid groups (broad SMARTS) is 1. The number of hydrogen-bond acceptors (Lipinski definition) is 2. The van der Waals surface area contributed by atoms with E-state index in [1.807, 2.05) is 12.1 Å². The largest absolute Gasteiger partial charge is 0.481 e. The molecule has 1 saturated carbocycles. The maximum Gasteiger partial charge on any atom is 0.309 e. The molecule has 0 unspecified atom stereocenters. The molecule has 3 rings (SSSR count). The zero-order chi connectivity index (χ0) is 13.3. The highest BCUT2D eigenvalue weighted by molar-refractivity contribution is 7.17. The highest BCUT2D eigenvalue weighted by atomic mass is 32.1. The lowest BCUT2D eigenvalue weighted by atomic mass is 9.70. The molecule has 3 heteroatoms. The zero-order valence-corrected chi connectivity index (χ0v) is 11.7. The van der Waals surface area contributed by atoms with Gasteiger partial charge in [-0.1, -0.05) is 37.5 Å². The van der Waals surface area contributed by atoms with Gasteiger partial charge in [-0.3, -0.25) is 4.79 Å². The fraction of sp³-hybridized carbons (Fsp3) is 0.438. The van der Waals surface area contributed by atoms with E-state index in [-0.39, 0.29) is 0 Å². The number of rotatable bonds is 3. The number of thiophene rings is 1. The number of benzene rings is 1. The van der Waals surface area contributed by atoms with Crippen LogP contribution in [0.3, 0.4) is 0 Å². The summed E-state index contributed by atoms with van der Waals surface area (Å²) in [7, 11) is 0. The van der Waals surface area contributed by atoms with Gasteiger partial charge in [-0.25, -0.2) is 0 Å². The summed E-state index contributed by atoms with van der Waals surface area (Å²) in [5, 5.41) is 13.0. The third kappa shape index (κ3) is 2.27. The lowest BCUT2D eigenvalue weighted by molar-refractivity contribution is -0.151. The van der Waals surface area contributed by atoms with Crippen LogP contribution in [0.25, 0.3) is 10.1 Å². The Morgan fingerprint density at radius 2 is 1.95 bits per heavy atom. The van der Waals surface area contributed by atoms with Crippen LogP contribution in [0, 0.1) is 5.41 Å². The first kappa shape index (κ1) is 12.7. The maximum absolute atomic E-state index is 11.7. The van der Waals surface area contributed by atoms with E-state index in [1.54, 1.807) is 11.3 Å². The van der Waals surface area contributed by atoms with Crippen LogP contribution in [0.4, 0.5) is 0 Å². The summed E-state index contributed by atoms with van der Waals surface area (Å²) in [6.45, 7) is 0. The van der Waals surface area contributed by atoms with E-state index < -0.39 is 11.4 Å². The number of aliphatic carboxylic acids is 1. The number of fused-ring (bicyclic) bond motifs is 1. The molecule has 0 bridgehead atoms. The first-order valence-corrected chi connectivity index (χ1v) is 7.78. The van der Waals surface area contributed by atoms with E-state index >= 15 is 0 Å². The van der Waals surface area contributed by atoms with Crippen molar-refractivity contribution in [3.8, 4) is 0 Å². The Labute approximate surface area is 117 Å². The van der Waals surface area contributed by atoms with Crippen molar-refractivity contribution in [1.29, 1.82) is 0 Å². The molecule has 1 aliphatic carbocycles. The van der Waals surface area contributed by atoms with E-state index in [2.05, 4.69) is 17.5 Å². The SMILES string of the molecule is O=C(O)C1(Cc2csc3ccccc23)CCCCC1. The fourth-order valence-corrected chi connectivity index (χ4v) is 4.19. The van der Waals surface area contributed by atoms with Crippen LogP contribution in [-0.4, -0.2) is 11.1 Å². The van der Waals surface area contributed by atoms with Gasteiger partial charge in [0.1, 0.15) is 0 Å². The Hall–Kier alpha value is -1.35. The molecule has 2 aromatic rings. The van der Waals surface area contributed by atoms with Crippen molar-refractivity contribution in [1.82, 2.24) is 0 Å². The number of carbonyl (C=O) groups is 1. The van der Waals surface area contributed by atoms with Crippen LogP contribution in [0.5, 0.6) is 0 Å². The molecule has 0 atom stereocenters. The topological polar surface area (TPSA) is 37.3 Å². The fourth-order valence-electron chi connectivity index (χ4n) is 3.23. The average Bonchev–Trinajstić information content (AvgIpc) is 2.83. The minimum absolute atomic E-state index is 0.526. The molecule has 19 heavy (non-hydrogen) atoms. The molecule has 0 aliphatic heterocycles. The molecule has 100 valence electrons. The van der Waals surface area contributed by atoms with E-state index in [0.717, 1.165) is 25.7 Å². The summed E-state index contributed by atoms with van der Waals surface area (Å²) in [6.07, 6.45) is 5.62. The molecular formula is C16H18O2S. The Morgan fingerprint density at radius 1 is 1.21 bits per heavy atom.